The highest BCUT2D eigenvalue weighted by Gasteiger charge is 2.08. The van der Waals surface area contributed by atoms with Crippen LogP contribution in [-0.4, -0.2) is 24.4 Å². The summed E-state index contributed by atoms with van der Waals surface area (Å²) >= 11 is 5.08. The maximum Gasteiger partial charge on any atom is 0.234 e. The Morgan fingerprint density at radius 2 is 2.10 bits per heavy atom. The highest BCUT2D eigenvalue weighted by Crippen LogP contribution is 2.20. The lowest BCUT2D eigenvalue weighted by atomic mass is 10.2. The molecule has 0 aliphatic heterocycles. The van der Waals surface area contributed by atoms with E-state index in [9.17, 15) is 9.18 Å². The van der Waals surface area contributed by atoms with Crippen LogP contribution in [0, 0.1) is 5.82 Å². The van der Waals surface area contributed by atoms with Gasteiger partial charge in [-0.15, -0.1) is 11.3 Å². The van der Waals surface area contributed by atoms with E-state index >= 15 is 0 Å². The van der Waals surface area contributed by atoms with Crippen molar-refractivity contribution in [3.05, 3.63) is 56.4 Å². The molecule has 2 rings (SSSR count). The molecule has 2 aromatic rings. The van der Waals surface area contributed by atoms with Crippen molar-refractivity contribution in [1.29, 1.82) is 0 Å². The molecule has 112 valence electrons. The number of nitrogens with one attached hydrogen (secondary N) is 1. The van der Waals surface area contributed by atoms with E-state index in [0.717, 1.165) is 16.6 Å². The number of thiophene rings is 1. The van der Waals surface area contributed by atoms with Gasteiger partial charge in [-0.3, -0.25) is 9.69 Å². The normalized spacial score (nSPS) is 10.9. The highest BCUT2D eigenvalue weighted by atomic mass is 79.9. The third kappa shape index (κ3) is 5.57. The van der Waals surface area contributed by atoms with Crippen molar-refractivity contribution in [3.63, 3.8) is 0 Å². The first-order valence-electron chi connectivity index (χ1n) is 6.45. The lowest BCUT2D eigenvalue weighted by molar-refractivity contribution is -0.122. The molecule has 1 aromatic carbocycles. The Bertz CT molecular complexity index is 600. The van der Waals surface area contributed by atoms with E-state index < -0.39 is 0 Å². The first kappa shape index (κ1) is 16.1. The second kappa shape index (κ2) is 7.68. The average Bonchev–Trinajstić information content (AvgIpc) is 2.83. The van der Waals surface area contributed by atoms with Crippen LogP contribution in [0.1, 0.15) is 10.4 Å². The van der Waals surface area contributed by atoms with Gasteiger partial charge < -0.3 is 5.32 Å². The number of halogens is 2. The Balaban J connectivity index is 1.74. The van der Waals surface area contributed by atoms with Crippen LogP contribution in [0.3, 0.4) is 0 Å². The molecule has 0 saturated heterocycles. The van der Waals surface area contributed by atoms with Crippen LogP contribution < -0.4 is 5.32 Å². The number of benzene rings is 1. The molecule has 1 amide bonds. The van der Waals surface area contributed by atoms with Crippen LogP contribution in [0.2, 0.25) is 0 Å². The fraction of sp³-hybridized carbons (Fsp3) is 0.267. The van der Waals surface area contributed by atoms with E-state index in [1.165, 1.54) is 17.0 Å². The van der Waals surface area contributed by atoms with E-state index in [0.29, 0.717) is 13.1 Å². The zero-order chi connectivity index (χ0) is 15.2. The fourth-order valence-corrected chi connectivity index (χ4v) is 3.39. The first-order valence-corrected chi connectivity index (χ1v) is 8.13. The molecule has 0 spiro atoms. The predicted octanol–water partition coefficient (Wildman–Crippen LogP) is 3.40. The molecule has 1 N–H and O–H groups in total. The van der Waals surface area contributed by atoms with Gasteiger partial charge in [0.1, 0.15) is 5.82 Å². The smallest absolute Gasteiger partial charge is 0.234 e. The molecular formula is C15H16BrFN2OS. The third-order valence-electron chi connectivity index (χ3n) is 2.86. The molecule has 0 atom stereocenters. The molecule has 0 aliphatic carbocycles. The molecule has 0 unspecified atom stereocenters. The summed E-state index contributed by atoms with van der Waals surface area (Å²) < 4.78 is 13.8. The molecule has 1 heterocycles. The Morgan fingerprint density at radius 3 is 2.71 bits per heavy atom. The molecule has 0 fully saturated rings. The van der Waals surface area contributed by atoms with Crippen molar-refractivity contribution in [3.8, 4) is 0 Å². The molecule has 0 aliphatic rings. The highest BCUT2D eigenvalue weighted by molar-refractivity contribution is 9.10. The molecule has 1 aromatic heterocycles. The van der Waals surface area contributed by atoms with E-state index in [1.54, 1.807) is 23.5 Å². The van der Waals surface area contributed by atoms with Gasteiger partial charge in [-0.25, -0.2) is 4.39 Å². The van der Waals surface area contributed by atoms with Gasteiger partial charge in [0, 0.05) is 27.8 Å². The molecule has 0 saturated carbocycles. The summed E-state index contributed by atoms with van der Waals surface area (Å²) in [6, 6.07) is 8.17. The first-order chi connectivity index (χ1) is 10.0. The van der Waals surface area contributed by atoms with Crippen molar-refractivity contribution in [2.24, 2.45) is 0 Å². The predicted molar refractivity (Wildman–Crippen MR) is 86.6 cm³/mol. The maximum absolute atomic E-state index is 12.8. The number of carbonyl (C=O) groups excluding carboxylic acids is 1. The van der Waals surface area contributed by atoms with Crippen molar-refractivity contribution in [2.75, 3.05) is 13.6 Å². The summed E-state index contributed by atoms with van der Waals surface area (Å²) in [6.45, 7) is 1.48. The number of hydrogen-bond acceptors (Lipinski definition) is 3. The van der Waals surface area contributed by atoms with E-state index in [4.69, 9.17) is 0 Å². The average molecular weight is 371 g/mol. The SMILES string of the molecule is CN(CC(=O)NCc1ccc(F)cc1)Cc1cc(Br)cs1. The number of hydrogen-bond donors (Lipinski definition) is 1. The summed E-state index contributed by atoms with van der Waals surface area (Å²) in [4.78, 5) is 15.0. The van der Waals surface area contributed by atoms with Crippen LogP contribution in [-0.2, 0) is 17.9 Å². The van der Waals surface area contributed by atoms with Gasteiger partial charge in [0.25, 0.3) is 0 Å². The van der Waals surface area contributed by atoms with Gasteiger partial charge in [0.2, 0.25) is 5.91 Å². The van der Waals surface area contributed by atoms with Gasteiger partial charge in [0.05, 0.1) is 6.54 Å². The standard InChI is InChI=1S/C15H16BrFN2OS/c1-19(8-14-6-12(16)10-21-14)9-15(20)18-7-11-2-4-13(17)5-3-11/h2-6,10H,7-9H2,1H3,(H,18,20). The largest absolute Gasteiger partial charge is 0.351 e. The number of carbonyl (C=O) groups is 1. The van der Waals surface area contributed by atoms with Crippen LogP contribution >= 0.6 is 27.3 Å². The second-order valence-corrected chi connectivity index (χ2v) is 6.72. The summed E-state index contributed by atoms with van der Waals surface area (Å²) in [6.07, 6.45) is 0. The van der Waals surface area contributed by atoms with E-state index in [-0.39, 0.29) is 11.7 Å². The fourth-order valence-electron chi connectivity index (χ4n) is 1.86. The van der Waals surface area contributed by atoms with Crippen LogP contribution in [0.25, 0.3) is 0 Å². The monoisotopic (exact) mass is 370 g/mol. The van der Waals surface area contributed by atoms with Crippen molar-refractivity contribution in [2.45, 2.75) is 13.1 Å². The number of rotatable bonds is 6. The maximum atomic E-state index is 12.8. The summed E-state index contributed by atoms with van der Waals surface area (Å²) in [5.74, 6) is -0.315. The Kier molecular flexibility index (Phi) is 5.90. The van der Waals surface area contributed by atoms with Crippen molar-refractivity contribution < 1.29 is 9.18 Å². The minimum Gasteiger partial charge on any atom is -0.351 e. The lowest BCUT2D eigenvalue weighted by Gasteiger charge is -2.15. The van der Waals surface area contributed by atoms with Crippen molar-refractivity contribution in [1.82, 2.24) is 10.2 Å². The van der Waals surface area contributed by atoms with Gasteiger partial charge in [-0.05, 0) is 46.7 Å². The minimum absolute atomic E-state index is 0.0440. The molecule has 6 heteroatoms. The zero-order valence-corrected chi connectivity index (χ0v) is 14.0. The van der Waals surface area contributed by atoms with E-state index in [1.807, 2.05) is 17.3 Å². The van der Waals surface area contributed by atoms with Gasteiger partial charge in [0.15, 0.2) is 0 Å². The van der Waals surface area contributed by atoms with Crippen LogP contribution in [0.5, 0.6) is 0 Å². The molecule has 0 bridgehead atoms. The molecular weight excluding hydrogens is 355 g/mol. The van der Waals surface area contributed by atoms with Crippen LogP contribution in [0.15, 0.2) is 40.2 Å². The number of amides is 1. The number of nitrogens with zero attached hydrogens (tertiary/aromatic N) is 1. The second-order valence-electron chi connectivity index (χ2n) is 4.81. The summed E-state index contributed by atoms with van der Waals surface area (Å²) in [5.41, 5.74) is 0.884. The minimum atomic E-state index is -0.271. The molecule has 21 heavy (non-hydrogen) atoms. The topological polar surface area (TPSA) is 32.3 Å². The van der Waals surface area contributed by atoms with Crippen molar-refractivity contribution >= 4 is 33.2 Å². The van der Waals surface area contributed by atoms with Crippen LogP contribution in [0.4, 0.5) is 4.39 Å². The lowest BCUT2D eigenvalue weighted by Crippen LogP contribution is -2.34. The van der Waals surface area contributed by atoms with E-state index in [2.05, 4.69) is 27.3 Å². The molecule has 0 radical (unpaired) electrons. The quantitative estimate of drug-likeness (QED) is 0.844. The molecule has 3 nitrogen and oxygen atoms in total. The number of likely N-dealkylation sites (N-methyl/N-ethyl adjacent to an activating group) is 1. The Hall–Kier alpha value is -1.24. The Labute approximate surface area is 135 Å². The third-order valence-corrected chi connectivity index (χ3v) is 4.55. The van der Waals surface area contributed by atoms with Gasteiger partial charge in [-0.1, -0.05) is 12.1 Å². The van der Waals surface area contributed by atoms with Gasteiger partial charge in [-0.2, -0.15) is 0 Å². The summed E-state index contributed by atoms with van der Waals surface area (Å²) in [5, 5.41) is 4.86. The van der Waals surface area contributed by atoms with Gasteiger partial charge >= 0.3 is 0 Å². The summed E-state index contributed by atoms with van der Waals surface area (Å²) in [7, 11) is 1.91. The Morgan fingerprint density at radius 1 is 1.38 bits per heavy atom. The zero-order valence-electron chi connectivity index (χ0n) is 11.6.